The molecular weight excluding hydrogens is 376 g/mol. The van der Waals surface area contributed by atoms with Crippen molar-refractivity contribution in [3.63, 3.8) is 0 Å². The van der Waals surface area contributed by atoms with Crippen molar-refractivity contribution in [3.8, 4) is 5.75 Å². The number of nitrogens with zero attached hydrogens (tertiary/aromatic N) is 1. The first-order chi connectivity index (χ1) is 13.5. The summed E-state index contributed by atoms with van der Waals surface area (Å²) in [5.74, 6) is 1.44. The molecule has 0 aliphatic heterocycles. The maximum Gasteiger partial charge on any atom is 0.240 e. The van der Waals surface area contributed by atoms with Gasteiger partial charge in [-0.25, -0.2) is 13.1 Å². The van der Waals surface area contributed by atoms with E-state index in [4.69, 9.17) is 4.74 Å². The van der Waals surface area contributed by atoms with E-state index in [9.17, 15) is 8.42 Å². The molecule has 0 atom stereocenters. The number of aliphatic imine (C=N–C) groups is 1. The van der Waals surface area contributed by atoms with Crippen LogP contribution in [0.25, 0.3) is 0 Å². The maximum atomic E-state index is 12.3. The van der Waals surface area contributed by atoms with Crippen LogP contribution in [-0.2, 0) is 10.0 Å². The molecule has 8 heteroatoms. The van der Waals surface area contributed by atoms with Gasteiger partial charge in [0.1, 0.15) is 12.4 Å². The van der Waals surface area contributed by atoms with Crippen LogP contribution in [0.4, 0.5) is 0 Å². The van der Waals surface area contributed by atoms with E-state index in [0.717, 1.165) is 11.3 Å². The molecule has 0 aliphatic rings. The van der Waals surface area contributed by atoms with Crippen LogP contribution >= 0.6 is 0 Å². The number of para-hydroxylation sites is 1. The molecule has 2 aromatic rings. The van der Waals surface area contributed by atoms with Crippen molar-refractivity contribution in [3.05, 3.63) is 60.2 Å². The lowest BCUT2D eigenvalue weighted by Crippen LogP contribution is -2.40. The fraction of sp³-hybridized carbons (Fsp3) is 0.350. The van der Waals surface area contributed by atoms with Gasteiger partial charge in [0.2, 0.25) is 10.0 Å². The van der Waals surface area contributed by atoms with E-state index >= 15 is 0 Å². The average molecular weight is 405 g/mol. The van der Waals surface area contributed by atoms with Crippen molar-refractivity contribution in [1.29, 1.82) is 0 Å². The van der Waals surface area contributed by atoms with Crippen LogP contribution in [0.2, 0.25) is 0 Å². The summed E-state index contributed by atoms with van der Waals surface area (Å²) in [5.41, 5.74) is 1.01. The molecule has 0 saturated heterocycles. The molecular formula is C20H28N4O3S. The third-order valence-electron chi connectivity index (χ3n) is 3.76. The Hall–Kier alpha value is -2.58. The van der Waals surface area contributed by atoms with Gasteiger partial charge >= 0.3 is 0 Å². The van der Waals surface area contributed by atoms with Gasteiger partial charge < -0.3 is 15.4 Å². The van der Waals surface area contributed by atoms with Gasteiger partial charge in [-0.2, -0.15) is 0 Å². The molecule has 28 heavy (non-hydrogen) atoms. The molecule has 7 nitrogen and oxygen atoms in total. The van der Waals surface area contributed by atoms with Crippen molar-refractivity contribution in [2.24, 2.45) is 4.99 Å². The fourth-order valence-electron chi connectivity index (χ4n) is 2.35. The van der Waals surface area contributed by atoms with Gasteiger partial charge in [0.25, 0.3) is 0 Å². The molecule has 0 fully saturated rings. The molecule has 0 aliphatic carbocycles. The molecule has 0 aromatic heterocycles. The van der Waals surface area contributed by atoms with Crippen molar-refractivity contribution >= 4 is 16.0 Å². The highest BCUT2D eigenvalue weighted by molar-refractivity contribution is 7.89. The lowest BCUT2D eigenvalue weighted by Gasteiger charge is -2.12. The zero-order chi connectivity index (χ0) is 20.2. The Morgan fingerprint density at radius 3 is 2.39 bits per heavy atom. The minimum Gasteiger partial charge on any atom is -0.492 e. The molecule has 0 bridgehead atoms. The minimum atomic E-state index is -3.52. The normalized spacial score (nSPS) is 11.9. The number of ether oxygens (including phenoxy) is 1. The number of nitrogens with one attached hydrogen (secondary N) is 3. The minimum absolute atomic E-state index is 0.216. The van der Waals surface area contributed by atoms with Crippen LogP contribution < -0.4 is 20.1 Å². The summed E-state index contributed by atoms with van der Waals surface area (Å²) >= 11 is 0. The summed E-state index contributed by atoms with van der Waals surface area (Å²) in [4.78, 5) is 4.64. The molecule has 3 N–H and O–H groups in total. The molecule has 152 valence electrons. The topological polar surface area (TPSA) is 91.8 Å². The first-order valence-corrected chi connectivity index (χ1v) is 10.8. The number of sulfonamides is 1. The molecule has 0 saturated carbocycles. The SMILES string of the molecule is CCNC(=NCCNS(=O)(=O)c1ccc(C)cc1)NCCOc1ccccc1. The molecule has 0 amide bonds. The lowest BCUT2D eigenvalue weighted by molar-refractivity contribution is 0.322. The van der Waals surface area contributed by atoms with Gasteiger partial charge in [-0.1, -0.05) is 35.9 Å². The Bertz CT molecular complexity index is 838. The Balaban J connectivity index is 1.76. The van der Waals surface area contributed by atoms with Crippen LogP contribution in [0.15, 0.2) is 64.5 Å². The van der Waals surface area contributed by atoms with Gasteiger partial charge in [0, 0.05) is 13.1 Å². The van der Waals surface area contributed by atoms with Gasteiger partial charge in [-0.15, -0.1) is 0 Å². The number of hydrogen-bond acceptors (Lipinski definition) is 4. The monoisotopic (exact) mass is 404 g/mol. The van der Waals surface area contributed by atoms with E-state index in [1.165, 1.54) is 0 Å². The van der Waals surface area contributed by atoms with Crippen LogP contribution in [0.5, 0.6) is 5.75 Å². The molecule has 0 spiro atoms. The standard InChI is InChI=1S/C20H28N4O3S/c1-3-21-20(23-15-16-27-18-7-5-4-6-8-18)22-13-14-24-28(25,26)19-11-9-17(2)10-12-19/h4-12,24H,3,13-16H2,1-2H3,(H2,21,22,23). The highest BCUT2D eigenvalue weighted by Gasteiger charge is 2.12. The third kappa shape index (κ3) is 7.58. The molecule has 0 heterocycles. The Labute approximate surface area is 167 Å². The summed E-state index contributed by atoms with van der Waals surface area (Å²) in [7, 11) is -3.52. The summed E-state index contributed by atoms with van der Waals surface area (Å²) < 4.78 is 32.7. The second-order valence-corrected chi connectivity index (χ2v) is 7.83. The number of aryl methyl sites for hydroxylation is 1. The smallest absolute Gasteiger partial charge is 0.240 e. The van der Waals surface area contributed by atoms with Crippen LogP contribution in [0, 0.1) is 6.92 Å². The van der Waals surface area contributed by atoms with E-state index in [-0.39, 0.29) is 11.4 Å². The summed E-state index contributed by atoms with van der Waals surface area (Å²) in [6.45, 7) is 6.20. The van der Waals surface area contributed by atoms with Crippen LogP contribution in [-0.4, -0.2) is 47.2 Å². The summed E-state index contributed by atoms with van der Waals surface area (Å²) in [6.07, 6.45) is 0. The van der Waals surface area contributed by atoms with E-state index in [2.05, 4.69) is 20.3 Å². The quantitative estimate of drug-likeness (QED) is 0.320. The van der Waals surface area contributed by atoms with E-state index < -0.39 is 10.0 Å². The lowest BCUT2D eigenvalue weighted by atomic mass is 10.2. The van der Waals surface area contributed by atoms with E-state index in [0.29, 0.717) is 32.2 Å². The number of guanidine groups is 1. The van der Waals surface area contributed by atoms with E-state index in [1.54, 1.807) is 24.3 Å². The number of hydrogen-bond donors (Lipinski definition) is 3. The first-order valence-electron chi connectivity index (χ1n) is 9.27. The van der Waals surface area contributed by atoms with Gasteiger partial charge in [0.15, 0.2) is 5.96 Å². The molecule has 0 unspecified atom stereocenters. The largest absolute Gasteiger partial charge is 0.492 e. The van der Waals surface area contributed by atoms with Gasteiger partial charge in [-0.05, 0) is 38.1 Å². The second kappa shape index (κ2) is 11.3. The van der Waals surface area contributed by atoms with Crippen LogP contribution in [0.1, 0.15) is 12.5 Å². The number of benzene rings is 2. The zero-order valence-electron chi connectivity index (χ0n) is 16.3. The predicted octanol–water partition coefficient (Wildman–Crippen LogP) is 1.91. The maximum absolute atomic E-state index is 12.3. The van der Waals surface area contributed by atoms with Crippen LogP contribution in [0.3, 0.4) is 0 Å². The number of rotatable bonds is 10. The van der Waals surface area contributed by atoms with Crippen molar-refractivity contribution in [2.45, 2.75) is 18.7 Å². The Morgan fingerprint density at radius 2 is 1.71 bits per heavy atom. The molecule has 0 radical (unpaired) electrons. The van der Waals surface area contributed by atoms with Crippen molar-refractivity contribution < 1.29 is 13.2 Å². The predicted molar refractivity (Wildman–Crippen MR) is 112 cm³/mol. The van der Waals surface area contributed by atoms with Gasteiger partial charge in [0.05, 0.1) is 18.0 Å². The highest BCUT2D eigenvalue weighted by Crippen LogP contribution is 2.09. The Morgan fingerprint density at radius 1 is 1.00 bits per heavy atom. The second-order valence-electron chi connectivity index (χ2n) is 6.06. The van der Waals surface area contributed by atoms with E-state index in [1.807, 2.05) is 44.2 Å². The zero-order valence-corrected chi connectivity index (χ0v) is 17.1. The highest BCUT2D eigenvalue weighted by atomic mass is 32.2. The Kier molecular flexibility index (Phi) is 8.77. The summed E-state index contributed by atoms with van der Waals surface area (Å²) in [5, 5.41) is 6.29. The third-order valence-corrected chi connectivity index (χ3v) is 5.23. The molecule has 2 rings (SSSR count). The summed E-state index contributed by atoms with van der Waals surface area (Å²) in [6, 6.07) is 16.3. The van der Waals surface area contributed by atoms with Gasteiger partial charge in [-0.3, -0.25) is 4.99 Å². The average Bonchev–Trinajstić information content (AvgIpc) is 2.69. The first kappa shape index (κ1) is 21.7. The molecule has 2 aromatic carbocycles. The fourth-order valence-corrected chi connectivity index (χ4v) is 3.37. The van der Waals surface area contributed by atoms with Crippen molar-refractivity contribution in [2.75, 3.05) is 32.8 Å². The van der Waals surface area contributed by atoms with Crippen molar-refractivity contribution in [1.82, 2.24) is 15.4 Å².